The molecule has 0 bridgehead atoms. The van der Waals surface area contributed by atoms with Crippen molar-refractivity contribution in [3.63, 3.8) is 0 Å². The summed E-state index contributed by atoms with van der Waals surface area (Å²) in [6, 6.07) is 29.4. The van der Waals surface area contributed by atoms with E-state index in [1.807, 2.05) is 18.2 Å². The summed E-state index contributed by atoms with van der Waals surface area (Å²) >= 11 is 0. The molecule has 4 aromatic rings. The minimum atomic E-state index is -0.0691. The number of carbonyl (C=O) groups is 1. The molecule has 1 N–H and O–H groups in total. The summed E-state index contributed by atoms with van der Waals surface area (Å²) in [4.78, 5) is 20.7. The highest BCUT2D eigenvalue weighted by Crippen LogP contribution is 2.19. The Morgan fingerprint density at radius 2 is 1.08 bits per heavy atom. The maximum atomic E-state index is 13.4. The van der Waals surface area contributed by atoms with Crippen LogP contribution in [0.3, 0.4) is 0 Å². The van der Waals surface area contributed by atoms with Gasteiger partial charge in [-0.05, 0) is 36.1 Å². The molecular formula is C43H62N4O. The summed E-state index contributed by atoms with van der Waals surface area (Å²) in [5.74, 6) is 0.475. The second kappa shape index (κ2) is 23.0. The molecule has 0 atom stereocenters. The first kappa shape index (κ1) is 37.4. The molecule has 48 heavy (non-hydrogen) atoms. The Bertz CT molecular complexity index is 1360. The molecule has 1 aromatic heterocycles. The fourth-order valence-electron chi connectivity index (χ4n) is 6.77. The third-order valence-electron chi connectivity index (χ3n) is 9.53. The number of imidazole rings is 1. The number of nitrogens with one attached hydrogen (secondary N) is 1. The van der Waals surface area contributed by atoms with E-state index in [2.05, 4.69) is 88.4 Å². The molecule has 0 saturated carbocycles. The normalized spacial score (nSPS) is 11.5. The molecule has 5 heteroatoms. The minimum absolute atomic E-state index is 0.0691. The van der Waals surface area contributed by atoms with E-state index >= 15 is 0 Å². The predicted molar refractivity (Wildman–Crippen MR) is 203 cm³/mol. The standard InChI is InChI=1S/C43H62N4O/c1-2-3-4-5-6-7-8-9-10-11-12-13-14-15-16-25-35-47-41-32-24-23-31-40(41)45-42(47)43(48)44-33-26-34-46(36-38-27-19-17-20-28-38)37-39-29-21-18-22-30-39/h17-24,27-32H,2-16,25-26,33-37H2,1H3,(H,44,48). The van der Waals surface area contributed by atoms with Crippen LogP contribution in [0.4, 0.5) is 0 Å². The second-order valence-electron chi connectivity index (χ2n) is 13.7. The molecule has 0 aliphatic carbocycles. The van der Waals surface area contributed by atoms with Gasteiger partial charge in [0.05, 0.1) is 11.0 Å². The van der Waals surface area contributed by atoms with E-state index in [1.165, 1.54) is 107 Å². The van der Waals surface area contributed by atoms with Gasteiger partial charge in [-0.2, -0.15) is 0 Å². The predicted octanol–water partition coefficient (Wildman–Crippen LogP) is 11.1. The van der Waals surface area contributed by atoms with E-state index in [0.29, 0.717) is 12.4 Å². The number of hydrogen-bond acceptors (Lipinski definition) is 3. The van der Waals surface area contributed by atoms with Crippen molar-refractivity contribution < 1.29 is 4.79 Å². The Labute approximate surface area is 291 Å². The van der Waals surface area contributed by atoms with Gasteiger partial charge in [0.1, 0.15) is 0 Å². The first-order valence-electron chi connectivity index (χ1n) is 19.3. The average molecular weight is 651 g/mol. The van der Waals surface area contributed by atoms with Crippen molar-refractivity contribution >= 4 is 16.9 Å². The van der Waals surface area contributed by atoms with Gasteiger partial charge >= 0.3 is 0 Å². The van der Waals surface area contributed by atoms with Gasteiger partial charge in [-0.15, -0.1) is 0 Å². The van der Waals surface area contributed by atoms with Crippen molar-refractivity contribution in [1.82, 2.24) is 19.8 Å². The summed E-state index contributed by atoms with van der Waals surface area (Å²) in [6.07, 6.45) is 22.6. The van der Waals surface area contributed by atoms with Gasteiger partial charge < -0.3 is 9.88 Å². The van der Waals surface area contributed by atoms with Crippen LogP contribution in [-0.2, 0) is 19.6 Å². The van der Waals surface area contributed by atoms with E-state index in [0.717, 1.165) is 50.1 Å². The number of nitrogens with zero attached hydrogens (tertiary/aromatic N) is 3. The molecule has 260 valence electrons. The van der Waals surface area contributed by atoms with Crippen LogP contribution in [0.25, 0.3) is 11.0 Å². The van der Waals surface area contributed by atoms with Crippen molar-refractivity contribution in [1.29, 1.82) is 0 Å². The lowest BCUT2D eigenvalue weighted by molar-refractivity contribution is 0.0936. The van der Waals surface area contributed by atoms with E-state index in [4.69, 9.17) is 4.98 Å². The van der Waals surface area contributed by atoms with Crippen LogP contribution in [0, 0.1) is 0 Å². The molecule has 0 radical (unpaired) electrons. The summed E-state index contributed by atoms with van der Waals surface area (Å²) < 4.78 is 2.14. The number of rotatable bonds is 26. The van der Waals surface area contributed by atoms with Crippen LogP contribution in [0.5, 0.6) is 0 Å². The van der Waals surface area contributed by atoms with Gasteiger partial charge in [-0.3, -0.25) is 9.69 Å². The molecule has 0 unspecified atom stereocenters. The number of para-hydroxylation sites is 2. The van der Waals surface area contributed by atoms with E-state index in [-0.39, 0.29) is 5.91 Å². The molecule has 0 aliphatic rings. The second-order valence-corrected chi connectivity index (χ2v) is 13.7. The molecular weight excluding hydrogens is 589 g/mol. The minimum Gasteiger partial charge on any atom is -0.349 e. The van der Waals surface area contributed by atoms with Crippen LogP contribution in [0.1, 0.15) is 138 Å². The van der Waals surface area contributed by atoms with Gasteiger partial charge in [0.15, 0.2) is 5.82 Å². The number of carbonyl (C=O) groups excluding carboxylic acids is 1. The first-order valence-corrected chi connectivity index (χ1v) is 19.3. The molecule has 0 spiro atoms. The number of unbranched alkanes of at least 4 members (excludes halogenated alkanes) is 15. The Balaban J connectivity index is 1.15. The Morgan fingerprint density at radius 1 is 0.604 bits per heavy atom. The van der Waals surface area contributed by atoms with Gasteiger partial charge in [0, 0.05) is 32.7 Å². The average Bonchev–Trinajstić information content (AvgIpc) is 3.49. The molecule has 1 amide bonds. The van der Waals surface area contributed by atoms with Crippen molar-refractivity contribution in [2.24, 2.45) is 0 Å². The van der Waals surface area contributed by atoms with Crippen LogP contribution in [-0.4, -0.2) is 33.4 Å². The Kier molecular flexibility index (Phi) is 17.9. The third-order valence-corrected chi connectivity index (χ3v) is 9.53. The zero-order chi connectivity index (χ0) is 33.5. The topological polar surface area (TPSA) is 50.2 Å². The molecule has 4 rings (SSSR count). The van der Waals surface area contributed by atoms with Gasteiger partial charge in [-0.1, -0.05) is 176 Å². The number of aromatic nitrogens is 2. The largest absolute Gasteiger partial charge is 0.349 e. The van der Waals surface area contributed by atoms with Crippen LogP contribution in [0.15, 0.2) is 84.9 Å². The zero-order valence-electron chi connectivity index (χ0n) is 29.9. The maximum Gasteiger partial charge on any atom is 0.287 e. The quantitative estimate of drug-likeness (QED) is 0.0688. The van der Waals surface area contributed by atoms with Crippen molar-refractivity contribution in [2.75, 3.05) is 13.1 Å². The van der Waals surface area contributed by atoms with Crippen molar-refractivity contribution in [3.8, 4) is 0 Å². The lowest BCUT2D eigenvalue weighted by atomic mass is 10.0. The van der Waals surface area contributed by atoms with Crippen molar-refractivity contribution in [3.05, 3.63) is 102 Å². The highest BCUT2D eigenvalue weighted by Gasteiger charge is 2.17. The zero-order valence-corrected chi connectivity index (χ0v) is 29.9. The third kappa shape index (κ3) is 14.0. The molecule has 3 aromatic carbocycles. The molecule has 0 fully saturated rings. The maximum absolute atomic E-state index is 13.4. The monoisotopic (exact) mass is 650 g/mol. The van der Waals surface area contributed by atoms with E-state index < -0.39 is 0 Å². The van der Waals surface area contributed by atoms with E-state index in [1.54, 1.807) is 0 Å². The summed E-state index contributed by atoms with van der Waals surface area (Å²) in [5.41, 5.74) is 4.57. The van der Waals surface area contributed by atoms with Crippen LogP contribution >= 0.6 is 0 Å². The van der Waals surface area contributed by atoms with Gasteiger partial charge in [0.2, 0.25) is 0 Å². The molecule has 1 heterocycles. The SMILES string of the molecule is CCCCCCCCCCCCCCCCCCn1c(C(=O)NCCCN(Cc2ccccc2)Cc2ccccc2)nc2ccccc21. The molecule has 5 nitrogen and oxygen atoms in total. The first-order chi connectivity index (χ1) is 23.7. The Morgan fingerprint density at radius 3 is 1.62 bits per heavy atom. The summed E-state index contributed by atoms with van der Waals surface area (Å²) in [5, 5.41) is 3.19. The van der Waals surface area contributed by atoms with Crippen LogP contribution in [0.2, 0.25) is 0 Å². The van der Waals surface area contributed by atoms with E-state index in [9.17, 15) is 4.79 Å². The number of fused-ring (bicyclic) bond motifs is 1. The lowest BCUT2D eigenvalue weighted by Crippen LogP contribution is -2.31. The van der Waals surface area contributed by atoms with Gasteiger partial charge in [-0.25, -0.2) is 4.98 Å². The lowest BCUT2D eigenvalue weighted by Gasteiger charge is -2.23. The number of benzene rings is 3. The smallest absolute Gasteiger partial charge is 0.287 e. The van der Waals surface area contributed by atoms with Gasteiger partial charge in [0.25, 0.3) is 5.91 Å². The highest BCUT2D eigenvalue weighted by atomic mass is 16.2. The molecule has 0 aliphatic heterocycles. The summed E-state index contributed by atoms with van der Waals surface area (Å²) in [6.45, 7) is 6.43. The number of hydrogen-bond donors (Lipinski definition) is 1. The summed E-state index contributed by atoms with van der Waals surface area (Å²) in [7, 11) is 0. The van der Waals surface area contributed by atoms with Crippen molar-refractivity contribution in [2.45, 2.75) is 136 Å². The Hall–Kier alpha value is -3.44. The highest BCUT2D eigenvalue weighted by molar-refractivity contribution is 5.94. The molecule has 0 saturated heterocycles. The fraction of sp³-hybridized carbons (Fsp3) is 0.535. The fourth-order valence-corrected chi connectivity index (χ4v) is 6.77. The number of amides is 1. The van der Waals surface area contributed by atoms with Crippen LogP contribution < -0.4 is 5.32 Å². The number of aryl methyl sites for hydroxylation is 1.